The van der Waals surface area contributed by atoms with Crippen molar-refractivity contribution in [2.75, 3.05) is 5.75 Å². The Bertz CT molecular complexity index is 262. The monoisotopic (exact) mass is 276 g/mol. The summed E-state index contributed by atoms with van der Waals surface area (Å²) in [6.07, 6.45) is 1.93. The Kier molecular flexibility index (Phi) is 5.03. The molecule has 0 saturated carbocycles. The van der Waals surface area contributed by atoms with Crippen molar-refractivity contribution in [2.45, 2.75) is 24.8 Å². The lowest BCUT2D eigenvalue weighted by Gasteiger charge is -2.32. The molecule has 0 aliphatic carbocycles. The van der Waals surface area contributed by atoms with Crippen LogP contribution >= 0.6 is 33.1 Å². The van der Waals surface area contributed by atoms with Gasteiger partial charge >= 0.3 is 0 Å². The lowest BCUT2D eigenvalue weighted by molar-refractivity contribution is 0.500. The van der Waals surface area contributed by atoms with Crippen molar-refractivity contribution < 1.29 is 8.42 Å². The van der Waals surface area contributed by atoms with Gasteiger partial charge in [-0.2, -0.15) is 0 Å². The van der Waals surface area contributed by atoms with Crippen molar-refractivity contribution in [3.05, 3.63) is 0 Å². The molecule has 0 amide bonds. The second-order valence-electron chi connectivity index (χ2n) is 3.41. The molecule has 1 heterocycles. The van der Waals surface area contributed by atoms with Crippen LogP contribution < -0.4 is 0 Å². The zero-order valence-corrected chi connectivity index (χ0v) is 12.6. The van der Waals surface area contributed by atoms with E-state index in [0.29, 0.717) is 19.6 Å². The predicted molar refractivity (Wildman–Crippen MR) is 70.6 cm³/mol. The Balaban J connectivity index is 2.87. The summed E-state index contributed by atoms with van der Waals surface area (Å²) in [6, 6.07) is 0. The molecule has 0 radical (unpaired) electrons. The summed E-state index contributed by atoms with van der Waals surface area (Å²) in [5, 5.41) is 0. The fourth-order valence-electron chi connectivity index (χ4n) is 1.74. The molecule has 0 N–H and O–H groups in total. The van der Waals surface area contributed by atoms with E-state index in [-0.39, 0.29) is 4.99 Å². The maximum absolute atomic E-state index is 11.8. The van der Waals surface area contributed by atoms with Crippen molar-refractivity contribution in [3.63, 3.8) is 0 Å². The van der Waals surface area contributed by atoms with Crippen molar-refractivity contribution in [2.24, 2.45) is 5.92 Å². The van der Waals surface area contributed by atoms with E-state index >= 15 is 0 Å². The van der Waals surface area contributed by atoms with Crippen LogP contribution in [0.4, 0.5) is 0 Å². The van der Waals surface area contributed by atoms with Gasteiger partial charge < -0.3 is 0 Å². The number of rotatable bonds is 2. The van der Waals surface area contributed by atoms with E-state index < -0.39 is 17.1 Å². The van der Waals surface area contributed by atoms with Gasteiger partial charge in [0.05, 0.1) is 10.7 Å². The summed E-state index contributed by atoms with van der Waals surface area (Å²) in [5.74, 6) is 0.764. The Morgan fingerprint density at radius 1 is 1.54 bits per heavy atom. The molecule has 0 bridgehead atoms. The van der Waals surface area contributed by atoms with Crippen LogP contribution in [-0.4, -0.2) is 19.2 Å². The molecule has 6 atom stereocenters. The van der Waals surface area contributed by atoms with Gasteiger partial charge in [0.1, 0.15) is 0 Å². The third-order valence-electron chi connectivity index (χ3n) is 2.37. The third kappa shape index (κ3) is 3.06. The molecule has 4 unspecified atom stereocenters. The molecule has 78 valence electrons. The zero-order valence-electron chi connectivity index (χ0n) is 7.60. The second kappa shape index (κ2) is 5.14. The normalized spacial score (nSPS) is 36.5. The summed E-state index contributed by atoms with van der Waals surface area (Å²) in [5.41, 5.74) is 0. The highest BCUT2D eigenvalue weighted by Crippen LogP contribution is 2.72. The molecule has 1 aliphatic heterocycles. The van der Waals surface area contributed by atoms with Crippen molar-refractivity contribution in [1.82, 2.24) is 0 Å². The van der Waals surface area contributed by atoms with E-state index in [2.05, 4.69) is 24.8 Å². The molecule has 13 heavy (non-hydrogen) atoms. The van der Waals surface area contributed by atoms with Crippen molar-refractivity contribution in [1.29, 1.82) is 0 Å². The highest BCUT2D eigenvalue weighted by Gasteiger charge is 2.37. The minimum atomic E-state index is -2.78. The van der Waals surface area contributed by atoms with Crippen molar-refractivity contribution in [3.8, 4) is 0 Å². The summed E-state index contributed by atoms with van der Waals surface area (Å²) in [4.78, 5) is -0.0583. The molecule has 1 aliphatic rings. The second-order valence-corrected chi connectivity index (χ2v) is 15.5. The van der Waals surface area contributed by atoms with Crippen LogP contribution in [0.2, 0.25) is 0 Å². The highest BCUT2D eigenvalue weighted by molar-refractivity contribution is 8.62. The molecule has 0 aromatic rings. The molecule has 1 saturated heterocycles. The summed E-state index contributed by atoms with van der Waals surface area (Å²) in [7, 11) is 2.92. The van der Waals surface area contributed by atoms with Gasteiger partial charge in [-0.05, 0) is 26.1 Å². The van der Waals surface area contributed by atoms with Gasteiger partial charge in [-0.25, -0.2) is 8.42 Å². The molecule has 1 fully saturated rings. The molecule has 0 aromatic carbocycles. The van der Waals surface area contributed by atoms with Crippen LogP contribution in [0.5, 0.6) is 0 Å². The van der Waals surface area contributed by atoms with Gasteiger partial charge in [0.25, 0.3) is 0 Å². The van der Waals surface area contributed by atoms with E-state index in [9.17, 15) is 8.42 Å². The summed E-state index contributed by atoms with van der Waals surface area (Å²) >= 11 is 0. The Hall–Kier alpha value is 1.67. The van der Waals surface area contributed by atoms with Crippen LogP contribution in [0.25, 0.3) is 0 Å². The highest BCUT2D eigenvalue weighted by atomic mass is 32.6. The molecular weight excluding hydrogens is 260 g/mol. The van der Waals surface area contributed by atoms with Gasteiger partial charge in [0, 0.05) is 0 Å². The Morgan fingerprint density at radius 2 is 2.15 bits per heavy atom. The number of hydrogen-bond donors (Lipinski definition) is 0. The smallest absolute Gasteiger partial charge is 0.158 e. The third-order valence-corrected chi connectivity index (χ3v) is 18.0. The van der Waals surface area contributed by atoms with Crippen LogP contribution in [0, 0.1) is 5.92 Å². The zero-order chi connectivity index (χ0) is 10.1. The first kappa shape index (κ1) is 12.7. The van der Waals surface area contributed by atoms with Gasteiger partial charge in [-0.1, -0.05) is 14.9 Å². The Morgan fingerprint density at radius 3 is 2.62 bits per heavy atom. The molecular formula is C6H16O2P4S. The fraction of sp³-hybridized carbons (Fsp3) is 1.00. The lowest BCUT2D eigenvalue weighted by atomic mass is 10.1. The Labute approximate surface area is 87.9 Å². The largest absolute Gasteiger partial charge is 0.228 e. The molecule has 0 aromatic heterocycles. The van der Waals surface area contributed by atoms with E-state index in [1.165, 1.54) is 0 Å². The van der Waals surface area contributed by atoms with Crippen LogP contribution in [-0.2, 0) is 9.84 Å². The van der Waals surface area contributed by atoms with E-state index in [1.807, 2.05) is 0 Å². The van der Waals surface area contributed by atoms with Crippen molar-refractivity contribution >= 4 is 43.0 Å². The topological polar surface area (TPSA) is 34.1 Å². The van der Waals surface area contributed by atoms with E-state index in [1.54, 1.807) is 0 Å². The first-order chi connectivity index (χ1) is 5.99. The maximum atomic E-state index is 11.8. The van der Waals surface area contributed by atoms with E-state index in [0.717, 1.165) is 12.8 Å². The molecule has 2 nitrogen and oxygen atoms in total. The summed E-state index contributed by atoms with van der Waals surface area (Å²) < 4.78 is 23.6. The number of sulfone groups is 1. The predicted octanol–water partition coefficient (Wildman–Crippen LogP) is 2.81. The first-order valence-electron chi connectivity index (χ1n) is 4.21. The SMILES string of the molecule is C[C@H]1CCCS(=O)(=O)[C@@H]1P(P)PP. The quantitative estimate of drug-likeness (QED) is 0.727. The van der Waals surface area contributed by atoms with Crippen LogP contribution in [0.15, 0.2) is 0 Å². The van der Waals surface area contributed by atoms with E-state index in [4.69, 9.17) is 0 Å². The minimum Gasteiger partial charge on any atom is -0.228 e. The summed E-state index contributed by atoms with van der Waals surface area (Å²) in [6.45, 7) is 2.07. The van der Waals surface area contributed by atoms with Crippen LogP contribution in [0.1, 0.15) is 19.8 Å². The average Bonchev–Trinajstić information content (AvgIpc) is 2.02. The molecule has 0 spiro atoms. The lowest BCUT2D eigenvalue weighted by Crippen LogP contribution is -2.31. The maximum Gasteiger partial charge on any atom is 0.158 e. The number of hydrogen-bond acceptors (Lipinski definition) is 2. The minimum absolute atomic E-state index is 0.0583. The van der Waals surface area contributed by atoms with Gasteiger partial charge in [0.2, 0.25) is 0 Å². The fourth-order valence-corrected chi connectivity index (χ4v) is 14.1. The van der Waals surface area contributed by atoms with Gasteiger partial charge in [-0.3, -0.25) is 0 Å². The van der Waals surface area contributed by atoms with Gasteiger partial charge in [0.15, 0.2) is 9.84 Å². The standard InChI is InChI=1S/C6H16O2P4S/c1-5-3-2-4-13(7,8)6(5)12(10)11-9/h5-6,11H,2-4,9-10H2,1H3/t5-,6-,12?/m0/s1. The molecule has 7 heteroatoms. The van der Waals surface area contributed by atoms with Crippen LogP contribution in [0.3, 0.4) is 0 Å². The van der Waals surface area contributed by atoms with Gasteiger partial charge in [-0.15, -0.1) is 17.9 Å². The molecule has 1 rings (SSSR count). The average molecular weight is 276 g/mol. The first-order valence-corrected chi connectivity index (χ1v) is 12.6.